The predicted octanol–water partition coefficient (Wildman–Crippen LogP) is 0.830. The maximum absolute atomic E-state index is 12.1. The summed E-state index contributed by atoms with van der Waals surface area (Å²) in [7, 11) is -4.72. The van der Waals surface area contributed by atoms with Crippen LogP contribution in [0.2, 0.25) is 0 Å². The molecule has 0 aliphatic heterocycles. The number of nitrogens with one attached hydrogen (secondary N) is 1. The molecule has 7 nitrogen and oxygen atoms in total. The highest BCUT2D eigenvalue weighted by atomic mass is 32.2. The smallest absolute Gasteiger partial charge is 0.242 e. The van der Waals surface area contributed by atoms with E-state index in [2.05, 4.69) is 4.72 Å². The Bertz CT molecular complexity index is 773. The lowest BCUT2D eigenvalue weighted by atomic mass is 9.91. The molecule has 0 fully saturated rings. The van der Waals surface area contributed by atoms with Gasteiger partial charge in [-0.25, -0.2) is 25.9 Å². The predicted molar refractivity (Wildman–Crippen MR) is 87.0 cm³/mol. The van der Waals surface area contributed by atoms with E-state index in [1.165, 1.54) is 38.4 Å². The number of Topliss-reactive ketones (excluding diaryl/α,β-unsaturated/α-hetero) is 1. The zero-order chi connectivity index (χ0) is 18.1. The summed E-state index contributed by atoms with van der Waals surface area (Å²) in [5.74, 6) is -0.243. The average molecular weight is 362 g/mol. The van der Waals surface area contributed by atoms with Gasteiger partial charge in [0.2, 0.25) is 20.0 Å². The summed E-state index contributed by atoms with van der Waals surface area (Å²) in [6.45, 7) is 4.78. The molecule has 1 rings (SSSR count). The number of carbonyl (C=O) groups is 1. The number of ketones is 1. The first-order valence-electron chi connectivity index (χ1n) is 6.84. The molecule has 1 aromatic rings. The van der Waals surface area contributed by atoms with Crippen LogP contribution in [0.1, 0.15) is 20.8 Å². The molecule has 0 aliphatic carbocycles. The maximum Gasteiger partial charge on any atom is 0.242 e. The second-order valence-electron chi connectivity index (χ2n) is 6.26. The Hall–Kier alpha value is -1.29. The van der Waals surface area contributed by atoms with Crippen molar-refractivity contribution in [1.29, 1.82) is 0 Å². The Labute approximate surface area is 137 Å². The molecule has 0 aromatic heterocycles. The van der Waals surface area contributed by atoms with Gasteiger partial charge in [-0.1, -0.05) is 20.8 Å². The summed E-state index contributed by atoms with van der Waals surface area (Å²) in [4.78, 5) is 11.7. The summed E-state index contributed by atoms with van der Waals surface area (Å²) in [6.07, 6.45) is 0. The van der Waals surface area contributed by atoms with Crippen molar-refractivity contribution in [3.63, 3.8) is 0 Å². The zero-order valence-corrected chi connectivity index (χ0v) is 15.5. The molecular weight excluding hydrogens is 340 g/mol. The largest absolute Gasteiger partial charge is 0.298 e. The topological polar surface area (TPSA) is 101 Å². The van der Waals surface area contributed by atoms with Gasteiger partial charge in [-0.15, -0.1) is 0 Å². The highest BCUT2D eigenvalue weighted by Gasteiger charge is 2.24. The molecule has 1 aromatic carbocycles. The number of rotatable bonds is 6. The fourth-order valence-electron chi connectivity index (χ4n) is 1.51. The SMILES string of the molecule is CN(C)S(=O)(=O)c1ccc(S(=O)(=O)NCC(=O)C(C)(C)C)cc1. The van der Waals surface area contributed by atoms with Crippen molar-refractivity contribution < 1.29 is 21.6 Å². The van der Waals surface area contributed by atoms with Crippen LogP contribution in [0, 0.1) is 5.41 Å². The van der Waals surface area contributed by atoms with Gasteiger partial charge >= 0.3 is 0 Å². The monoisotopic (exact) mass is 362 g/mol. The molecule has 0 atom stereocenters. The molecule has 0 radical (unpaired) electrons. The van der Waals surface area contributed by atoms with Gasteiger partial charge in [-0.2, -0.15) is 0 Å². The van der Waals surface area contributed by atoms with Crippen LogP contribution in [0.3, 0.4) is 0 Å². The zero-order valence-electron chi connectivity index (χ0n) is 13.8. The summed E-state index contributed by atoms with van der Waals surface area (Å²) in [5.41, 5.74) is -0.647. The van der Waals surface area contributed by atoms with Gasteiger partial charge in [-0.05, 0) is 24.3 Å². The second-order valence-corrected chi connectivity index (χ2v) is 10.2. The van der Waals surface area contributed by atoms with E-state index in [1.807, 2.05) is 0 Å². The lowest BCUT2D eigenvalue weighted by Gasteiger charge is -2.17. The van der Waals surface area contributed by atoms with Crippen molar-refractivity contribution in [3.05, 3.63) is 24.3 Å². The van der Waals surface area contributed by atoms with Crippen LogP contribution in [0.5, 0.6) is 0 Å². The van der Waals surface area contributed by atoms with Gasteiger partial charge in [0.25, 0.3) is 0 Å². The average Bonchev–Trinajstić information content (AvgIpc) is 2.43. The van der Waals surface area contributed by atoms with Crippen LogP contribution in [0.25, 0.3) is 0 Å². The van der Waals surface area contributed by atoms with Gasteiger partial charge in [0.1, 0.15) is 0 Å². The standard InChI is InChI=1S/C14H22N2O5S2/c1-14(2,3)13(17)10-15-22(18,19)11-6-8-12(9-7-11)23(20,21)16(4)5/h6-9,15H,10H2,1-5H3. The van der Waals surface area contributed by atoms with Crippen LogP contribution < -0.4 is 4.72 Å². The second kappa shape index (κ2) is 6.68. The van der Waals surface area contributed by atoms with Crippen molar-refractivity contribution in [2.24, 2.45) is 5.41 Å². The molecule has 0 bridgehead atoms. The first-order valence-corrected chi connectivity index (χ1v) is 9.76. The van der Waals surface area contributed by atoms with Crippen LogP contribution in [0.15, 0.2) is 34.1 Å². The third-order valence-electron chi connectivity index (χ3n) is 3.17. The van der Waals surface area contributed by atoms with Gasteiger partial charge in [0, 0.05) is 19.5 Å². The minimum absolute atomic E-state index is 0.00721. The third kappa shape index (κ3) is 4.84. The number of sulfonamides is 2. The summed E-state index contributed by atoms with van der Waals surface area (Å²) >= 11 is 0. The van der Waals surface area contributed by atoms with Crippen molar-refractivity contribution in [1.82, 2.24) is 9.03 Å². The Morgan fingerprint density at radius 1 is 1.00 bits per heavy atom. The third-order valence-corrected chi connectivity index (χ3v) is 6.42. The Morgan fingerprint density at radius 3 is 1.83 bits per heavy atom. The molecule has 0 heterocycles. The number of nitrogens with zero attached hydrogens (tertiary/aromatic N) is 1. The fourth-order valence-corrected chi connectivity index (χ4v) is 3.39. The molecule has 0 saturated carbocycles. The van der Waals surface area contributed by atoms with Gasteiger partial charge in [-0.3, -0.25) is 4.79 Å². The van der Waals surface area contributed by atoms with E-state index in [9.17, 15) is 21.6 Å². The first-order chi connectivity index (χ1) is 10.3. The van der Waals surface area contributed by atoms with E-state index < -0.39 is 25.5 Å². The van der Waals surface area contributed by atoms with Crippen molar-refractivity contribution in [3.8, 4) is 0 Å². The quantitative estimate of drug-likeness (QED) is 0.808. The van der Waals surface area contributed by atoms with Gasteiger partial charge in [0.15, 0.2) is 5.78 Å². The van der Waals surface area contributed by atoms with E-state index in [0.717, 1.165) is 4.31 Å². The molecule has 0 unspecified atom stereocenters. The van der Waals surface area contributed by atoms with Crippen LogP contribution in [0.4, 0.5) is 0 Å². The van der Waals surface area contributed by atoms with Gasteiger partial charge in [0.05, 0.1) is 16.3 Å². The molecule has 130 valence electrons. The molecule has 0 saturated heterocycles. The lowest BCUT2D eigenvalue weighted by molar-refractivity contribution is -0.125. The summed E-state index contributed by atoms with van der Waals surface area (Å²) in [6, 6.07) is 4.82. The van der Waals surface area contributed by atoms with E-state index in [4.69, 9.17) is 0 Å². The highest BCUT2D eigenvalue weighted by molar-refractivity contribution is 7.89. The summed E-state index contributed by atoms with van der Waals surface area (Å²) < 4.78 is 51.4. The maximum atomic E-state index is 12.1. The van der Waals surface area contributed by atoms with Crippen LogP contribution >= 0.6 is 0 Å². The van der Waals surface area contributed by atoms with E-state index in [1.54, 1.807) is 20.8 Å². The van der Waals surface area contributed by atoms with Crippen LogP contribution in [-0.2, 0) is 24.8 Å². The molecule has 23 heavy (non-hydrogen) atoms. The molecular formula is C14H22N2O5S2. The molecule has 0 aliphatic rings. The Morgan fingerprint density at radius 2 is 1.43 bits per heavy atom. The van der Waals surface area contributed by atoms with Crippen molar-refractivity contribution in [2.75, 3.05) is 20.6 Å². The molecule has 0 amide bonds. The lowest BCUT2D eigenvalue weighted by Crippen LogP contribution is -2.35. The number of hydrogen-bond donors (Lipinski definition) is 1. The highest BCUT2D eigenvalue weighted by Crippen LogP contribution is 2.17. The summed E-state index contributed by atoms with van der Waals surface area (Å²) in [5, 5.41) is 0. The first kappa shape index (κ1) is 19.8. The number of benzene rings is 1. The molecule has 9 heteroatoms. The minimum Gasteiger partial charge on any atom is -0.298 e. The van der Waals surface area contributed by atoms with Crippen molar-refractivity contribution >= 4 is 25.8 Å². The molecule has 0 spiro atoms. The van der Waals surface area contributed by atoms with E-state index in [-0.39, 0.29) is 22.1 Å². The van der Waals surface area contributed by atoms with E-state index in [0.29, 0.717) is 0 Å². The number of hydrogen-bond acceptors (Lipinski definition) is 5. The normalized spacial score (nSPS) is 13.3. The number of carbonyl (C=O) groups excluding carboxylic acids is 1. The minimum atomic E-state index is -3.88. The van der Waals surface area contributed by atoms with Crippen LogP contribution in [-0.4, -0.2) is 47.6 Å². The Kier molecular flexibility index (Phi) is 5.74. The van der Waals surface area contributed by atoms with E-state index >= 15 is 0 Å². The van der Waals surface area contributed by atoms with Crippen molar-refractivity contribution in [2.45, 2.75) is 30.6 Å². The molecule has 1 N–H and O–H groups in total. The Balaban J connectivity index is 2.97. The fraction of sp³-hybridized carbons (Fsp3) is 0.500. The van der Waals surface area contributed by atoms with Gasteiger partial charge < -0.3 is 0 Å².